The van der Waals surface area contributed by atoms with Crippen molar-refractivity contribution in [2.45, 2.75) is 26.7 Å². The van der Waals surface area contributed by atoms with Crippen molar-refractivity contribution in [3.8, 4) is 22.8 Å². The second kappa shape index (κ2) is 11.5. The van der Waals surface area contributed by atoms with E-state index in [1.54, 1.807) is 6.33 Å². The first-order chi connectivity index (χ1) is 16.7. The van der Waals surface area contributed by atoms with Gasteiger partial charge >= 0.3 is 0 Å². The number of unbranched alkanes of at least 4 members (excludes halogenated alkanes) is 1. The molecule has 1 aliphatic rings. The number of hydrogen-bond donors (Lipinski definition) is 0. The van der Waals surface area contributed by atoms with Gasteiger partial charge in [0.05, 0.1) is 18.9 Å². The van der Waals surface area contributed by atoms with Crippen LogP contribution in [0.5, 0.6) is 11.5 Å². The Hall–Kier alpha value is -3.61. The summed E-state index contributed by atoms with van der Waals surface area (Å²) < 4.78 is 11.2. The van der Waals surface area contributed by atoms with Crippen LogP contribution in [0.25, 0.3) is 11.3 Å². The highest BCUT2D eigenvalue weighted by molar-refractivity contribution is 5.94. The van der Waals surface area contributed by atoms with Gasteiger partial charge < -0.3 is 19.3 Å². The summed E-state index contributed by atoms with van der Waals surface area (Å²) in [6.07, 6.45) is 3.72. The third-order valence-electron chi connectivity index (χ3n) is 5.87. The quantitative estimate of drug-likeness (QED) is 0.432. The lowest BCUT2D eigenvalue weighted by Gasteiger charge is -2.35. The third kappa shape index (κ3) is 5.84. The number of piperazine rings is 1. The molecule has 7 nitrogen and oxygen atoms in total. The maximum atomic E-state index is 13.0. The normalized spacial score (nSPS) is 13.6. The molecule has 0 bridgehead atoms. The van der Waals surface area contributed by atoms with Crippen LogP contribution >= 0.6 is 0 Å². The number of carbonyl (C=O) groups is 1. The van der Waals surface area contributed by atoms with Crippen LogP contribution in [0.2, 0.25) is 0 Å². The van der Waals surface area contributed by atoms with Gasteiger partial charge in [0.25, 0.3) is 5.91 Å². The molecule has 1 aliphatic heterocycles. The third-order valence-corrected chi connectivity index (χ3v) is 5.87. The summed E-state index contributed by atoms with van der Waals surface area (Å²) >= 11 is 0. The van der Waals surface area contributed by atoms with E-state index in [0.717, 1.165) is 54.5 Å². The Labute approximate surface area is 201 Å². The molecule has 2 heterocycles. The summed E-state index contributed by atoms with van der Waals surface area (Å²) in [6, 6.07) is 17.4. The minimum absolute atomic E-state index is 0.0533. The molecule has 1 aromatic heterocycles. The first-order valence-electron chi connectivity index (χ1n) is 12.0. The first-order valence-corrected chi connectivity index (χ1v) is 12.0. The van der Waals surface area contributed by atoms with Crippen molar-refractivity contribution in [3.63, 3.8) is 0 Å². The lowest BCUT2D eigenvalue weighted by atomic mass is 10.1. The van der Waals surface area contributed by atoms with Crippen LogP contribution in [0.1, 0.15) is 37.0 Å². The van der Waals surface area contributed by atoms with E-state index < -0.39 is 0 Å². The Balaban J connectivity index is 1.34. The van der Waals surface area contributed by atoms with E-state index in [9.17, 15) is 4.79 Å². The number of carbonyl (C=O) groups excluding carboxylic acids is 1. The Morgan fingerprint density at radius 2 is 1.56 bits per heavy atom. The van der Waals surface area contributed by atoms with E-state index in [1.165, 1.54) is 0 Å². The Morgan fingerprint density at radius 3 is 2.24 bits per heavy atom. The van der Waals surface area contributed by atoms with Crippen LogP contribution in [0, 0.1) is 0 Å². The van der Waals surface area contributed by atoms with Crippen molar-refractivity contribution >= 4 is 11.7 Å². The lowest BCUT2D eigenvalue weighted by Crippen LogP contribution is -2.49. The van der Waals surface area contributed by atoms with Gasteiger partial charge in [0.2, 0.25) is 0 Å². The SMILES string of the molecule is CCCCOc1ccc(C(=O)N2CCN(c3cc(-c4ccc(OCC)cc4)ncn3)CC2)cc1. The predicted octanol–water partition coefficient (Wildman–Crippen LogP) is 4.68. The largest absolute Gasteiger partial charge is 0.494 e. The Morgan fingerprint density at radius 1 is 0.882 bits per heavy atom. The van der Waals surface area contributed by atoms with E-state index in [4.69, 9.17) is 9.47 Å². The van der Waals surface area contributed by atoms with Gasteiger partial charge in [-0.25, -0.2) is 9.97 Å². The molecule has 1 amide bonds. The maximum Gasteiger partial charge on any atom is 0.253 e. The summed E-state index contributed by atoms with van der Waals surface area (Å²) in [5, 5.41) is 0. The number of aromatic nitrogens is 2. The van der Waals surface area contributed by atoms with Gasteiger partial charge in [-0.05, 0) is 61.9 Å². The molecular formula is C27H32N4O3. The average Bonchev–Trinajstić information content (AvgIpc) is 2.90. The van der Waals surface area contributed by atoms with Gasteiger partial charge in [0.1, 0.15) is 23.6 Å². The van der Waals surface area contributed by atoms with Gasteiger partial charge in [-0.2, -0.15) is 0 Å². The topological polar surface area (TPSA) is 67.8 Å². The average molecular weight is 461 g/mol. The standard InChI is InChI=1S/C27H32N4O3/c1-3-5-18-34-24-12-8-22(9-13-24)27(32)31-16-14-30(15-17-31)26-19-25(28-20-29-26)21-6-10-23(11-7-21)33-4-2/h6-13,19-20H,3-5,14-18H2,1-2H3. The van der Waals surface area contributed by atoms with Crippen molar-refractivity contribution in [1.82, 2.24) is 14.9 Å². The van der Waals surface area contributed by atoms with Crippen LogP contribution in [0.3, 0.4) is 0 Å². The zero-order valence-electron chi connectivity index (χ0n) is 19.9. The zero-order valence-corrected chi connectivity index (χ0v) is 19.9. The van der Waals surface area contributed by atoms with E-state index in [0.29, 0.717) is 31.9 Å². The molecule has 3 aromatic rings. The van der Waals surface area contributed by atoms with Gasteiger partial charge in [-0.1, -0.05) is 13.3 Å². The van der Waals surface area contributed by atoms with Crippen LogP contribution < -0.4 is 14.4 Å². The molecule has 0 unspecified atom stereocenters. The van der Waals surface area contributed by atoms with Gasteiger partial charge in [0, 0.05) is 43.4 Å². The van der Waals surface area contributed by atoms with Gasteiger partial charge in [-0.15, -0.1) is 0 Å². The van der Waals surface area contributed by atoms with Gasteiger partial charge in [0.15, 0.2) is 0 Å². The summed E-state index contributed by atoms with van der Waals surface area (Å²) in [5.41, 5.74) is 2.58. The Bertz CT molecular complexity index is 1060. The molecule has 178 valence electrons. The van der Waals surface area contributed by atoms with Crippen molar-refractivity contribution in [2.24, 2.45) is 0 Å². The van der Waals surface area contributed by atoms with Crippen molar-refractivity contribution in [3.05, 3.63) is 66.5 Å². The molecule has 34 heavy (non-hydrogen) atoms. The van der Waals surface area contributed by atoms with E-state index in [-0.39, 0.29) is 5.91 Å². The number of ether oxygens (including phenoxy) is 2. The highest BCUT2D eigenvalue weighted by atomic mass is 16.5. The second-order valence-corrected chi connectivity index (χ2v) is 8.22. The van der Waals surface area contributed by atoms with Crippen LogP contribution in [0.4, 0.5) is 5.82 Å². The molecular weight excluding hydrogens is 428 g/mol. The highest BCUT2D eigenvalue weighted by Gasteiger charge is 2.23. The molecule has 1 saturated heterocycles. The molecule has 0 spiro atoms. The number of amides is 1. The molecule has 7 heteroatoms. The summed E-state index contributed by atoms with van der Waals surface area (Å²) in [7, 11) is 0. The number of nitrogens with zero attached hydrogens (tertiary/aromatic N) is 4. The molecule has 0 radical (unpaired) electrons. The summed E-state index contributed by atoms with van der Waals surface area (Å²) in [5.74, 6) is 2.58. The van der Waals surface area contributed by atoms with Gasteiger partial charge in [-0.3, -0.25) is 4.79 Å². The fourth-order valence-corrected chi connectivity index (χ4v) is 3.92. The van der Waals surface area contributed by atoms with Crippen LogP contribution in [0.15, 0.2) is 60.9 Å². The van der Waals surface area contributed by atoms with Crippen molar-refractivity contribution in [2.75, 3.05) is 44.3 Å². The summed E-state index contributed by atoms with van der Waals surface area (Å²) in [4.78, 5) is 26.0. The van der Waals surface area contributed by atoms with E-state index in [2.05, 4.69) is 21.8 Å². The predicted molar refractivity (Wildman–Crippen MR) is 134 cm³/mol. The molecule has 2 aromatic carbocycles. The monoisotopic (exact) mass is 460 g/mol. The molecule has 0 atom stereocenters. The zero-order chi connectivity index (χ0) is 23.8. The number of benzene rings is 2. The highest BCUT2D eigenvalue weighted by Crippen LogP contribution is 2.24. The van der Waals surface area contributed by atoms with Crippen LogP contribution in [-0.4, -0.2) is 60.2 Å². The molecule has 4 rings (SSSR count). The fraction of sp³-hybridized carbons (Fsp3) is 0.370. The molecule has 0 saturated carbocycles. The van der Waals surface area contributed by atoms with Crippen molar-refractivity contribution < 1.29 is 14.3 Å². The second-order valence-electron chi connectivity index (χ2n) is 8.22. The maximum absolute atomic E-state index is 13.0. The number of anilines is 1. The fourth-order valence-electron chi connectivity index (χ4n) is 3.92. The number of rotatable bonds is 9. The smallest absolute Gasteiger partial charge is 0.253 e. The minimum Gasteiger partial charge on any atom is -0.494 e. The Kier molecular flexibility index (Phi) is 7.96. The van der Waals surface area contributed by atoms with Crippen LogP contribution in [-0.2, 0) is 0 Å². The molecule has 0 aliphatic carbocycles. The lowest BCUT2D eigenvalue weighted by molar-refractivity contribution is 0.0746. The van der Waals surface area contributed by atoms with Crippen molar-refractivity contribution in [1.29, 1.82) is 0 Å². The first kappa shape index (κ1) is 23.5. The molecule has 1 fully saturated rings. The molecule has 0 N–H and O–H groups in total. The summed E-state index contributed by atoms with van der Waals surface area (Å²) in [6.45, 7) is 8.20. The number of hydrogen-bond acceptors (Lipinski definition) is 6. The minimum atomic E-state index is 0.0533. The van der Waals surface area contributed by atoms with E-state index in [1.807, 2.05) is 66.4 Å². The van der Waals surface area contributed by atoms with E-state index >= 15 is 0 Å².